The number of hydrogen-bond acceptors (Lipinski definition) is 3. The summed E-state index contributed by atoms with van der Waals surface area (Å²) in [6, 6.07) is 13.4. The average molecular weight is 360 g/mol. The highest BCUT2D eigenvalue weighted by Crippen LogP contribution is 2.23. The zero-order chi connectivity index (χ0) is 18.6. The monoisotopic (exact) mass is 360 g/mol. The van der Waals surface area contributed by atoms with Crippen LogP contribution in [0.2, 0.25) is 0 Å². The molecule has 1 atom stereocenters. The molecule has 0 aliphatic heterocycles. The van der Waals surface area contributed by atoms with Crippen molar-refractivity contribution < 1.29 is 13.2 Å². The maximum Gasteiger partial charge on any atom is 0.264 e. The molecule has 25 heavy (non-hydrogen) atoms. The fourth-order valence-electron chi connectivity index (χ4n) is 2.33. The van der Waals surface area contributed by atoms with E-state index in [1.807, 2.05) is 32.9 Å². The van der Waals surface area contributed by atoms with Crippen LogP contribution in [0.4, 0.5) is 5.69 Å². The summed E-state index contributed by atoms with van der Waals surface area (Å²) in [6.45, 7) is 5.79. The number of nitrogens with zero attached hydrogens (tertiary/aromatic N) is 1. The van der Waals surface area contributed by atoms with Crippen molar-refractivity contribution in [3.05, 3.63) is 59.7 Å². The number of anilines is 1. The van der Waals surface area contributed by atoms with Gasteiger partial charge in [0.05, 0.1) is 10.6 Å². The Balaban J connectivity index is 2.34. The lowest BCUT2D eigenvalue weighted by molar-refractivity contribution is 0.0939. The molecule has 6 heteroatoms. The molecule has 0 aromatic heterocycles. The molecule has 134 valence electrons. The van der Waals surface area contributed by atoms with Crippen molar-refractivity contribution in [2.75, 3.05) is 11.4 Å². The Morgan fingerprint density at radius 1 is 1.16 bits per heavy atom. The van der Waals surface area contributed by atoms with Gasteiger partial charge in [-0.15, -0.1) is 0 Å². The normalized spacial score (nSPS) is 12.5. The van der Waals surface area contributed by atoms with Crippen LogP contribution in [0.5, 0.6) is 0 Å². The number of sulfonamides is 1. The standard InChI is InChI=1S/C19H24N2O3S/c1-5-15(3)20-19(22)16-9-7-11-18(13-16)25(23,24)21(4)17-10-6-8-14(2)12-17/h6-13,15H,5H2,1-4H3,(H,20,22). The molecule has 0 aliphatic rings. The molecule has 0 bridgehead atoms. The summed E-state index contributed by atoms with van der Waals surface area (Å²) in [7, 11) is -2.24. The van der Waals surface area contributed by atoms with Gasteiger partial charge in [0, 0.05) is 18.7 Å². The quantitative estimate of drug-likeness (QED) is 0.859. The van der Waals surface area contributed by atoms with E-state index in [4.69, 9.17) is 0 Å². The van der Waals surface area contributed by atoms with E-state index in [-0.39, 0.29) is 16.8 Å². The molecule has 0 saturated carbocycles. The Bertz CT molecular complexity index is 862. The second kappa shape index (κ2) is 7.70. The van der Waals surface area contributed by atoms with Gasteiger partial charge in [0.2, 0.25) is 0 Å². The minimum atomic E-state index is -3.75. The van der Waals surface area contributed by atoms with Crippen LogP contribution in [0.1, 0.15) is 36.2 Å². The molecule has 0 heterocycles. The molecule has 0 spiro atoms. The number of hydrogen-bond donors (Lipinski definition) is 1. The van der Waals surface area contributed by atoms with Crippen molar-refractivity contribution in [3.8, 4) is 0 Å². The van der Waals surface area contributed by atoms with Crippen LogP contribution in [0, 0.1) is 6.92 Å². The molecule has 1 N–H and O–H groups in total. The van der Waals surface area contributed by atoms with Gasteiger partial charge in [0.1, 0.15) is 0 Å². The van der Waals surface area contributed by atoms with E-state index >= 15 is 0 Å². The van der Waals surface area contributed by atoms with Crippen LogP contribution in [0.15, 0.2) is 53.4 Å². The molecule has 2 rings (SSSR count). The van der Waals surface area contributed by atoms with Crippen LogP contribution in [0.3, 0.4) is 0 Å². The topological polar surface area (TPSA) is 66.5 Å². The predicted molar refractivity (Wildman–Crippen MR) is 100 cm³/mol. The Kier molecular flexibility index (Phi) is 5.85. The van der Waals surface area contributed by atoms with E-state index in [1.54, 1.807) is 24.3 Å². The summed E-state index contributed by atoms with van der Waals surface area (Å²) in [4.78, 5) is 12.3. The van der Waals surface area contributed by atoms with Crippen molar-refractivity contribution >= 4 is 21.6 Å². The van der Waals surface area contributed by atoms with Gasteiger partial charge < -0.3 is 5.32 Å². The first-order valence-corrected chi connectivity index (χ1v) is 9.66. The molecule has 0 radical (unpaired) electrons. The molecule has 2 aromatic rings. The number of carbonyl (C=O) groups excluding carboxylic acids is 1. The maximum atomic E-state index is 12.9. The van der Waals surface area contributed by atoms with E-state index < -0.39 is 10.0 Å². The molecule has 5 nitrogen and oxygen atoms in total. The third-order valence-corrected chi connectivity index (χ3v) is 5.89. The van der Waals surface area contributed by atoms with Gasteiger partial charge in [0.25, 0.3) is 15.9 Å². The molecule has 0 fully saturated rings. The summed E-state index contributed by atoms with van der Waals surface area (Å²) >= 11 is 0. The lowest BCUT2D eigenvalue weighted by atomic mass is 10.2. The third-order valence-electron chi connectivity index (χ3n) is 4.11. The lowest BCUT2D eigenvalue weighted by Gasteiger charge is -2.20. The van der Waals surface area contributed by atoms with Crippen molar-refractivity contribution in [2.45, 2.75) is 38.1 Å². The molecule has 1 unspecified atom stereocenters. The van der Waals surface area contributed by atoms with Gasteiger partial charge in [-0.25, -0.2) is 8.42 Å². The summed E-state index contributed by atoms with van der Waals surface area (Å²) in [6.07, 6.45) is 0.805. The van der Waals surface area contributed by atoms with E-state index in [0.717, 1.165) is 12.0 Å². The van der Waals surface area contributed by atoms with Crippen LogP contribution >= 0.6 is 0 Å². The first-order chi connectivity index (χ1) is 11.8. The van der Waals surface area contributed by atoms with Crippen molar-refractivity contribution in [3.63, 3.8) is 0 Å². The van der Waals surface area contributed by atoms with Crippen LogP contribution < -0.4 is 9.62 Å². The van der Waals surface area contributed by atoms with Gasteiger partial charge in [-0.3, -0.25) is 9.10 Å². The Labute approximate surface area is 149 Å². The van der Waals surface area contributed by atoms with Crippen LogP contribution in [-0.4, -0.2) is 27.4 Å². The number of benzene rings is 2. The number of carbonyl (C=O) groups is 1. The minimum absolute atomic E-state index is 0.0303. The van der Waals surface area contributed by atoms with Crippen molar-refractivity contribution in [1.82, 2.24) is 5.32 Å². The van der Waals surface area contributed by atoms with Crippen molar-refractivity contribution in [1.29, 1.82) is 0 Å². The molecular formula is C19H24N2O3S. The molecule has 2 aromatic carbocycles. The Hall–Kier alpha value is -2.34. The Morgan fingerprint density at radius 2 is 1.84 bits per heavy atom. The van der Waals surface area contributed by atoms with Gasteiger partial charge >= 0.3 is 0 Å². The first kappa shape index (κ1) is 19.0. The van der Waals surface area contributed by atoms with Gasteiger partial charge in [0.15, 0.2) is 0 Å². The largest absolute Gasteiger partial charge is 0.350 e. The lowest BCUT2D eigenvalue weighted by Crippen LogP contribution is -2.32. The van der Waals surface area contributed by atoms with Crippen molar-refractivity contribution in [2.24, 2.45) is 0 Å². The molecule has 0 aliphatic carbocycles. The number of aryl methyl sites for hydroxylation is 1. The second-order valence-electron chi connectivity index (χ2n) is 6.12. The number of nitrogens with one attached hydrogen (secondary N) is 1. The number of amides is 1. The summed E-state index contributed by atoms with van der Waals surface area (Å²) in [5.41, 5.74) is 1.88. The van der Waals surface area contributed by atoms with E-state index in [1.165, 1.54) is 23.5 Å². The minimum Gasteiger partial charge on any atom is -0.350 e. The summed E-state index contributed by atoms with van der Waals surface area (Å²) in [5.74, 6) is -0.274. The first-order valence-electron chi connectivity index (χ1n) is 8.22. The molecular weight excluding hydrogens is 336 g/mol. The van der Waals surface area contributed by atoms with Crippen LogP contribution in [-0.2, 0) is 10.0 Å². The zero-order valence-electron chi connectivity index (χ0n) is 15.0. The fourth-order valence-corrected chi connectivity index (χ4v) is 3.56. The highest BCUT2D eigenvalue weighted by atomic mass is 32.2. The highest BCUT2D eigenvalue weighted by molar-refractivity contribution is 7.92. The van der Waals surface area contributed by atoms with E-state index in [9.17, 15) is 13.2 Å². The summed E-state index contributed by atoms with van der Waals surface area (Å²) in [5, 5.41) is 2.85. The van der Waals surface area contributed by atoms with Gasteiger partial charge in [-0.2, -0.15) is 0 Å². The van der Waals surface area contributed by atoms with Crippen LogP contribution in [0.25, 0.3) is 0 Å². The fraction of sp³-hybridized carbons (Fsp3) is 0.316. The summed E-state index contributed by atoms with van der Waals surface area (Å²) < 4.78 is 27.0. The Morgan fingerprint density at radius 3 is 2.48 bits per heavy atom. The SMILES string of the molecule is CCC(C)NC(=O)c1cccc(S(=O)(=O)N(C)c2cccc(C)c2)c1. The third kappa shape index (κ3) is 4.39. The number of rotatable bonds is 6. The average Bonchev–Trinajstić information content (AvgIpc) is 2.60. The van der Waals surface area contributed by atoms with E-state index in [2.05, 4.69) is 5.32 Å². The predicted octanol–water partition coefficient (Wildman–Crippen LogP) is 3.35. The molecule has 0 saturated heterocycles. The zero-order valence-corrected chi connectivity index (χ0v) is 15.8. The smallest absolute Gasteiger partial charge is 0.264 e. The highest BCUT2D eigenvalue weighted by Gasteiger charge is 2.22. The maximum absolute atomic E-state index is 12.9. The van der Waals surface area contributed by atoms with E-state index in [0.29, 0.717) is 11.3 Å². The van der Waals surface area contributed by atoms with Gasteiger partial charge in [-0.05, 0) is 56.2 Å². The van der Waals surface area contributed by atoms with Gasteiger partial charge in [-0.1, -0.05) is 25.1 Å². The molecule has 1 amide bonds. The second-order valence-corrected chi connectivity index (χ2v) is 8.09.